The monoisotopic (exact) mass is 379 g/mol. The SMILES string of the molecule is COc1ccc(C(=O)Nc2ccc(F)cc2)cc1COc1cc(C)cc(C)c1. The first-order valence-electron chi connectivity index (χ1n) is 8.89. The number of amides is 1. The minimum absolute atomic E-state index is 0.268. The molecule has 3 aromatic rings. The Morgan fingerprint density at radius 3 is 2.29 bits per heavy atom. The molecule has 28 heavy (non-hydrogen) atoms. The van der Waals surface area contributed by atoms with E-state index in [4.69, 9.17) is 9.47 Å². The van der Waals surface area contributed by atoms with E-state index < -0.39 is 0 Å². The van der Waals surface area contributed by atoms with E-state index >= 15 is 0 Å². The number of benzene rings is 3. The molecule has 3 rings (SSSR count). The quantitative estimate of drug-likeness (QED) is 0.634. The van der Waals surface area contributed by atoms with Gasteiger partial charge >= 0.3 is 0 Å². The second-order valence-corrected chi connectivity index (χ2v) is 6.60. The minimum Gasteiger partial charge on any atom is -0.496 e. The van der Waals surface area contributed by atoms with E-state index in [9.17, 15) is 9.18 Å². The minimum atomic E-state index is -0.353. The summed E-state index contributed by atoms with van der Waals surface area (Å²) in [6.45, 7) is 4.30. The summed E-state index contributed by atoms with van der Waals surface area (Å²) >= 11 is 0. The summed E-state index contributed by atoms with van der Waals surface area (Å²) < 4.78 is 24.3. The van der Waals surface area contributed by atoms with Crippen molar-refractivity contribution in [3.63, 3.8) is 0 Å². The maximum Gasteiger partial charge on any atom is 0.255 e. The fraction of sp³-hybridized carbons (Fsp3) is 0.174. The lowest BCUT2D eigenvalue weighted by molar-refractivity contribution is 0.102. The molecule has 0 aliphatic carbocycles. The van der Waals surface area contributed by atoms with E-state index in [1.54, 1.807) is 25.3 Å². The van der Waals surface area contributed by atoms with Crippen molar-refractivity contribution in [3.8, 4) is 11.5 Å². The highest BCUT2D eigenvalue weighted by molar-refractivity contribution is 6.04. The van der Waals surface area contributed by atoms with Gasteiger partial charge in [-0.2, -0.15) is 0 Å². The average Bonchev–Trinajstić information content (AvgIpc) is 2.67. The number of anilines is 1. The summed E-state index contributed by atoms with van der Waals surface area (Å²) in [5.41, 5.74) is 3.98. The van der Waals surface area contributed by atoms with E-state index in [-0.39, 0.29) is 18.3 Å². The molecule has 144 valence electrons. The largest absolute Gasteiger partial charge is 0.496 e. The summed E-state index contributed by atoms with van der Waals surface area (Å²) in [6.07, 6.45) is 0. The number of nitrogens with one attached hydrogen (secondary N) is 1. The Morgan fingerprint density at radius 1 is 0.964 bits per heavy atom. The summed E-state index contributed by atoms with van der Waals surface area (Å²) in [7, 11) is 1.58. The molecule has 1 amide bonds. The smallest absolute Gasteiger partial charge is 0.255 e. The van der Waals surface area contributed by atoms with E-state index in [2.05, 4.69) is 11.4 Å². The van der Waals surface area contributed by atoms with Gasteiger partial charge in [0.1, 0.15) is 23.9 Å². The van der Waals surface area contributed by atoms with Gasteiger partial charge in [0.2, 0.25) is 0 Å². The van der Waals surface area contributed by atoms with Crippen molar-refractivity contribution in [1.29, 1.82) is 0 Å². The predicted molar refractivity (Wildman–Crippen MR) is 108 cm³/mol. The number of hydrogen-bond donors (Lipinski definition) is 1. The van der Waals surface area contributed by atoms with Crippen LogP contribution in [0.5, 0.6) is 11.5 Å². The van der Waals surface area contributed by atoms with Gasteiger partial charge in [-0.1, -0.05) is 6.07 Å². The number of ether oxygens (including phenoxy) is 2. The van der Waals surface area contributed by atoms with Crippen LogP contribution >= 0.6 is 0 Å². The van der Waals surface area contributed by atoms with E-state index in [0.29, 0.717) is 17.0 Å². The average molecular weight is 379 g/mol. The number of carbonyl (C=O) groups excluding carboxylic acids is 1. The lowest BCUT2D eigenvalue weighted by atomic mass is 10.1. The van der Waals surface area contributed by atoms with Crippen LogP contribution in [0.2, 0.25) is 0 Å². The fourth-order valence-electron chi connectivity index (χ4n) is 2.95. The van der Waals surface area contributed by atoms with Gasteiger partial charge in [0.15, 0.2) is 0 Å². The number of hydrogen-bond acceptors (Lipinski definition) is 3. The Labute approximate surface area is 163 Å². The second kappa shape index (κ2) is 8.57. The van der Waals surface area contributed by atoms with Crippen molar-refractivity contribution in [1.82, 2.24) is 0 Å². The zero-order valence-corrected chi connectivity index (χ0v) is 16.1. The highest BCUT2D eigenvalue weighted by Gasteiger charge is 2.12. The molecule has 4 nitrogen and oxygen atoms in total. The fourth-order valence-corrected chi connectivity index (χ4v) is 2.95. The number of halogens is 1. The normalized spacial score (nSPS) is 10.4. The molecule has 5 heteroatoms. The van der Waals surface area contributed by atoms with Crippen LogP contribution in [0, 0.1) is 19.7 Å². The van der Waals surface area contributed by atoms with Gasteiger partial charge in [-0.25, -0.2) is 4.39 Å². The van der Waals surface area contributed by atoms with Crippen LogP contribution in [0.15, 0.2) is 60.7 Å². The highest BCUT2D eigenvalue weighted by atomic mass is 19.1. The molecule has 0 spiro atoms. The van der Waals surface area contributed by atoms with Crippen LogP contribution in [-0.4, -0.2) is 13.0 Å². The molecule has 0 saturated carbocycles. The standard InChI is InChI=1S/C23H22FNO3/c1-15-10-16(2)12-21(11-15)28-14-18-13-17(4-9-22(18)27-3)23(26)25-20-7-5-19(24)6-8-20/h4-13H,14H2,1-3H3,(H,25,26). The highest BCUT2D eigenvalue weighted by Crippen LogP contribution is 2.24. The summed E-state index contributed by atoms with van der Waals surface area (Å²) in [5, 5.41) is 2.75. The van der Waals surface area contributed by atoms with Gasteiger partial charge in [-0.05, 0) is 79.6 Å². The van der Waals surface area contributed by atoms with Crippen LogP contribution in [0.1, 0.15) is 27.0 Å². The summed E-state index contributed by atoms with van der Waals surface area (Å²) in [6, 6.07) is 16.8. The summed E-state index contributed by atoms with van der Waals surface area (Å²) in [5.74, 6) is 0.763. The molecular formula is C23H22FNO3. The van der Waals surface area contributed by atoms with E-state index in [1.807, 2.05) is 26.0 Å². The van der Waals surface area contributed by atoms with Gasteiger partial charge in [0.05, 0.1) is 7.11 Å². The molecule has 0 heterocycles. The lowest BCUT2D eigenvalue weighted by Crippen LogP contribution is -2.13. The number of methoxy groups -OCH3 is 1. The maximum atomic E-state index is 13.0. The molecule has 0 atom stereocenters. The molecule has 0 fully saturated rings. The number of rotatable bonds is 6. The zero-order chi connectivity index (χ0) is 20.1. The molecule has 0 bridgehead atoms. The molecule has 0 aromatic heterocycles. The molecule has 0 saturated heterocycles. The zero-order valence-electron chi connectivity index (χ0n) is 16.1. The Balaban J connectivity index is 1.77. The molecule has 3 aromatic carbocycles. The van der Waals surface area contributed by atoms with Crippen molar-refractivity contribution in [2.75, 3.05) is 12.4 Å². The van der Waals surface area contributed by atoms with Crippen LogP contribution in [0.25, 0.3) is 0 Å². The third kappa shape index (κ3) is 4.88. The topological polar surface area (TPSA) is 47.6 Å². The third-order valence-electron chi connectivity index (χ3n) is 4.23. The molecule has 0 unspecified atom stereocenters. The van der Waals surface area contributed by atoms with Gasteiger partial charge in [0.25, 0.3) is 5.91 Å². The van der Waals surface area contributed by atoms with Crippen molar-refractivity contribution < 1.29 is 18.7 Å². The second-order valence-electron chi connectivity index (χ2n) is 6.60. The van der Waals surface area contributed by atoms with Gasteiger partial charge < -0.3 is 14.8 Å². The van der Waals surface area contributed by atoms with Crippen LogP contribution in [0.3, 0.4) is 0 Å². The maximum absolute atomic E-state index is 13.0. The van der Waals surface area contributed by atoms with Gasteiger partial charge in [-0.3, -0.25) is 4.79 Å². The first kappa shape index (κ1) is 19.4. The van der Waals surface area contributed by atoms with Crippen molar-refractivity contribution >= 4 is 11.6 Å². The molecule has 0 radical (unpaired) electrons. The van der Waals surface area contributed by atoms with Crippen molar-refractivity contribution in [2.24, 2.45) is 0 Å². The Kier molecular flexibility index (Phi) is 5.94. The molecule has 0 aliphatic rings. The Bertz CT molecular complexity index is 963. The first-order chi connectivity index (χ1) is 13.4. The van der Waals surface area contributed by atoms with Crippen LogP contribution in [-0.2, 0) is 6.61 Å². The Morgan fingerprint density at radius 2 is 1.64 bits per heavy atom. The third-order valence-corrected chi connectivity index (χ3v) is 4.23. The van der Waals surface area contributed by atoms with E-state index in [0.717, 1.165) is 22.4 Å². The number of carbonyl (C=O) groups is 1. The lowest BCUT2D eigenvalue weighted by Gasteiger charge is -2.13. The van der Waals surface area contributed by atoms with Gasteiger partial charge in [0, 0.05) is 16.8 Å². The van der Waals surface area contributed by atoms with Gasteiger partial charge in [-0.15, -0.1) is 0 Å². The van der Waals surface area contributed by atoms with Crippen molar-refractivity contribution in [3.05, 3.63) is 88.7 Å². The predicted octanol–water partition coefficient (Wildman–Crippen LogP) is 5.28. The van der Waals surface area contributed by atoms with Crippen molar-refractivity contribution in [2.45, 2.75) is 20.5 Å². The molecular weight excluding hydrogens is 357 g/mol. The molecule has 1 N–H and O–H groups in total. The van der Waals surface area contributed by atoms with Crippen LogP contribution < -0.4 is 14.8 Å². The van der Waals surface area contributed by atoms with E-state index in [1.165, 1.54) is 24.3 Å². The Hall–Kier alpha value is -3.34. The van der Waals surface area contributed by atoms with Crippen LogP contribution in [0.4, 0.5) is 10.1 Å². The molecule has 0 aliphatic heterocycles. The number of aryl methyl sites for hydroxylation is 2. The summed E-state index contributed by atoms with van der Waals surface area (Å²) in [4.78, 5) is 12.5. The first-order valence-corrected chi connectivity index (χ1v) is 8.89.